The number of aromatic nitrogens is 2. The molecule has 1 aromatic rings. The van der Waals surface area contributed by atoms with Crippen LogP contribution in [0, 0.1) is 6.92 Å². The highest BCUT2D eigenvalue weighted by Crippen LogP contribution is 2.09. The van der Waals surface area contributed by atoms with Crippen LogP contribution in [0.4, 0.5) is 0 Å². The fourth-order valence-corrected chi connectivity index (χ4v) is 1.26. The molecule has 0 aliphatic heterocycles. The summed E-state index contributed by atoms with van der Waals surface area (Å²) in [5.74, 6) is 5.23. The molecule has 1 aromatic heterocycles. The van der Waals surface area contributed by atoms with Crippen molar-refractivity contribution in [1.82, 2.24) is 15.2 Å². The van der Waals surface area contributed by atoms with Crippen molar-refractivity contribution in [3.63, 3.8) is 0 Å². The Morgan fingerprint density at radius 3 is 2.92 bits per heavy atom. The van der Waals surface area contributed by atoms with Gasteiger partial charge in [-0.05, 0) is 19.4 Å². The molecule has 3 N–H and O–H groups in total. The Kier molecular flexibility index (Phi) is 3.08. The number of aryl methyl sites for hydroxylation is 1. The van der Waals surface area contributed by atoms with Gasteiger partial charge in [0.1, 0.15) is 0 Å². The fourth-order valence-electron chi connectivity index (χ4n) is 1.26. The molecule has 13 heavy (non-hydrogen) atoms. The summed E-state index contributed by atoms with van der Waals surface area (Å²) in [4.78, 5) is 0. The monoisotopic (exact) mass is 180 g/mol. The molecule has 0 amide bonds. The van der Waals surface area contributed by atoms with Crippen molar-refractivity contribution >= 4 is 0 Å². The van der Waals surface area contributed by atoms with Gasteiger partial charge in [-0.3, -0.25) is 10.5 Å². The molecule has 4 heteroatoms. The van der Waals surface area contributed by atoms with E-state index >= 15 is 0 Å². The maximum Gasteiger partial charge on any atom is 0.0528 e. The minimum Gasteiger partial charge on any atom is -0.329 e. The van der Waals surface area contributed by atoms with Gasteiger partial charge >= 0.3 is 0 Å². The highest BCUT2D eigenvalue weighted by Gasteiger charge is 2.05. The van der Waals surface area contributed by atoms with Crippen molar-refractivity contribution < 1.29 is 0 Å². The van der Waals surface area contributed by atoms with Gasteiger partial charge in [-0.1, -0.05) is 6.58 Å². The third kappa shape index (κ3) is 2.09. The summed E-state index contributed by atoms with van der Waals surface area (Å²) in [6.45, 7) is 8.79. The number of hydrazine groups is 1. The molecule has 0 spiro atoms. The second kappa shape index (κ2) is 4.09. The van der Waals surface area contributed by atoms with Crippen LogP contribution in [0.1, 0.15) is 18.2 Å². The van der Waals surface area contributed by atoms with Gasteiger partial charge in [-0.25, -0.2) is 0 Å². The number of hydrogen-bond acceptors (Lipinski definition) is 3. The van der Waals surface area contributed by atoms with Crippen LogP contribution in [0.5, 0.6) is 0 Å². The van der Waals surface area contributed by atoms with Crippen molar-refractivity contribution in [3.8, 4) is 0 Å². The molecule has 0 saturated carbocycles. The minimum atomic E-state index is 0.738. The molecule has 0 saturated heterocycles. The maximum atomic E-state index is 5.23. The quantitative estimate of drug-likeness (QED) is 0.530. The molecule has 1 heterocycles. The smallest absolute Gasteiger partial charge is 0.0528 e. The molecule has 1 rings (SSSR count). The van der Waals surface area contributed by atoms with Gasteiger partial charge in [0.25, 0.3) is 0 Å². The Morgan fingerprint density at radius 1 is 1.77 bits per heavy atom. The first kappa shape index (κ1) is 9.80. The Bertz CT molecular complexity index is 301. The summed E-state index contributed by atoms with van der Waals surface area (Å²) >= 11 is 0. The number of nitrogens with two attached hydrogens (primary N) is 1. The first-order valence-electron chi connectivity index (χ1n) is 4.34. The van der Waals surface area contributed by atoms with Gasteiger partial charge in [-0.2, -0.15) is 5.10 Å². The van der Waals surface area contributed by atoms with Crippen LogP contribution in [-0.2, 0) is 13.0 Å². The third-order valence-electron chi connectivity index (χ3n) is 2.11. The first-order valence-corrected chi connectivity index (χ1v) is 4.34. The van der Waals surface area contributed by atoms with E-state index in [1.165, 1.54) is 11.3 Å². The minimum absolute atomic E-state index is 0.738. The largest absolute Gasteiger partial charge is 0.329 e. The van der Waals surface area contributed by atoms with E-state index in [9.17, 15) is 0 Å². The van der Waals surface area contributed by atoms with Crippen LogP contribution >= 0.6 is 0 Å². The lowest BCUT2D eigenvalue weighted by Gasteiger charge is -2.04. The molecule has 4 nitrogen and oxygen atoms in total. The molecule has 0 aromatic carbocycles. The highest BCUT2D eigenvalue weighted by molar-refractivity contribution is 5.21. The lowest BCUT2D eigenvalue weighted by atomic mass is 10.1. The lowest BCUT2D eigenvalue weighted by Crippen LogP contribution is -2.21. The zero-order chi connectivity index (χ0) is 9.84. The maximum absolute atomic E-state index is 5.23. The van der Waals surface area contributed by atoms with Crippen LogP contribution in [0.2, 0.25) is 0 Å². The van der Waals surface area contributed by atoms with Crippen molar-refractivity contribution in [1.29, 1.82) is 0 Å². The summed E-state index contributed by atoms with van der Waals surface area (Å²) in [5.41, 5.74) is 5.69. The standard InChI is InChI=1S/C9H16N4/c1-4-13-8(3)9(6-11-13)5-7(2)12-10/h6,12H,2,4-5,10H2,1,3H3. The Morgan fingerprint density at radius 2 is 2.46 bits per heavy atom. The molecule has 0 fully saturated rings. The highest BCUT2D eigenvalue weighted by atomic mass is 15.3. The van der Waals surface area contributed by atoms with Gasteiger partial charge < -0.3 is 5.43 Å². The van der Waals surface area contributed by atoms with E-state index in [2.05, 4.69) is 31.0 Å². The number of hydrogen-bond donors (Lipinski definition) is 2. The fraction of sp³-hybridized carbons (Fsp3) is 0.444. The molecule has 0 atom stereocenters. The Balaban J connectivity index is 2.78. The molecule has 0 unspecified atom stereocenters. The summed E-state index contributed by atoms with van der Waals surface area (Å²) in [5, 5.41) is 4.23. The third-order valence-corrected chi connectivity index (χ3v) is 2.11. The van der Waals surface area contributed by atoms with Gasteiger partial charge in [0.2, 0.25) is 0 Å². The average molecular weight is 180 g/mol. The van der Waals surface area contributed by atoms with Gasteiger partial charge in [0.15, 0.2) is 0 Å². The van der Waals surface area contributed by atoms with Crippen molar-refractivity contribution in [2.24, 2.45) is 5.84 Å². The molecule has 0 radical (unpaired) electrons. The molecule has 0 aliphatic carbocycles. The van der Waals surface area contributed by atoms with Crippen LogP contribution < -0.4 is 11.3 Å². The molecule has 0 bridgehead atoms. The van der Waals surface area contributed by atoms with Gasteiger partial charge in [0.05, 0.1) is 6.20 Å². The Labute approximate surface area is 78.4 Å². The number of rotatable bonds is 4. The van der Waals surface area contributed by atoms with E-state index in [4.69, 9.17) is 5.84 Å². The summed E-state index contributed by atoms with van der Waals surface area (Å²) < 4.78 is 1.96. The van der Waals surface area contributed by atoms with Crippen LogP contribution in [0.25, 0.3) is 0 Å². The SMILES string of the molecule is C=C(Cc1cnn(CC)c1C)NN. The predicted octanol–water partition coefficient (Wildman–Crippen LogP) is 0.731. The van der Waals surface area contributed by atoms with E-state index in [1.54, 1.807) is 0 Å². The molecular weight excluding hydrogens is 164 g/mol. The summed E-state index contributed by atoms with van der Waals surface area (Å²) in [7, 11) is 0. The second-order valence-corrected chi connectivity index (χ2v) is 3.00. The lowest BCUT2D eigenvalue weighted by molar-refractivity contribution is 0.638. The van der Waals surface area contributed by atoms with Crippen molar-refractivity contribution in [3.05, 3.63) is 29.7 Å². The zero-order valence-corrected chi connectivity index (χ0v) is 8.17. The topological polar surface area (TPSA) is 55.9 Å². The number of nitrogens with zero attached hydrogens (tertiary/aromatic N) is 2. The zero-order valence-electron chi connectivity index (χ0n) is 8.17. The van der Waals surface area contributed by atoms with Gasteiger partial charge in [0, 0.05) is 24.4 Å². The van der Waals surface area contributed by atoms with Crippen LogP contribution in [0.3, 0.4) is 0 Å². The second-order valence-electron chi connectivity index (χ2n) is 3.00. The van der Waals surface area contributed by atoms with E-state index in [0.29, 0.717) is 0 Å². The first-order chi connectivity index (χ1) is 6.19. The van der Waals surface area contributed by atoms with Gasteiger partial charge in [-0.15, -0.1) is 0 Å². The number of allylic oxidation sites excluding steroid dienone is 1. The molecule has 0 aliphatic rings. The van der Waals surface area contributed by atoms with Crippen molar-refractivity contribution in [2.75, 3.05) is 0 Å². The van der Waals surface area contributed by atoms with E-state index in [0.717, 1.165) is 18.7 Å². The predicted molar refractivity (Wildman–Crippen MR) is 52.8 cm³/mol. The van der Waals surface area contributed by atoms with Crippen molar-refractivity contribution in [2.45, 2.75) is 26.8 Å². The molecular formula is C9H16N4. The van der Waals surface area contributed by atoms with E-state index in [-0.39, 0.29) is 0 Å². The van der Waals surface area contributed by atoms with Crippen LogP contribution in [-0.4, -0.2) is 9.78 Å². The van der Waals surface area contributed by atoms with E-state index < -0.39 is 0 Å². The summed E-state index contributed by atoms with van der Waals surface area (Å²) in [6.07, 6.45) is 2.60. The molecule has 72 valence electrons. The number of nitrogens with one attached hydrogen (secondary N) is 1. The normalized spacial score (nSPS) is 10.1. The Hall–Kier alpha value is -1.29. The average Bonchev–Trinajstić information content (AvgIpc) is 2.48. The summed E-state index contributed by atoms with van der Waals surface area (Å²) in [6, 6.07) is 0. The van der Waals surface area contributed by atoms with Crippen LogP contribution in [0.15, 0.2) is 18.5 Å². The van der Waals surface area contributed by atoms with E-state index in [1.807, 2.05) is 10.9 Å².